The standard InChI is InChI=1S/C10H10F2N2O2/c11-8-6(10(15)16)1-2-7(9(8)12)14-3-5(13)4-14/h1-2,5H,3-4,13H2,(H,15,16). The molecule has 0 bridgehead atoms. The number of carbonyl (C=O) groups is 1. The van der Waals surface area contributed by atoms with Crippen LogP contribution in [-0.4, -0.2) is 30.2 Å². The van der Waals surface area contributed by atoms with Crippen LogP contribution in [-0.2, 0) is 0 Å². The number of hydrogen-bond donors (Lipinski definition) is 2. The van der Waals surface area contributed by atoms with Crippen molar-refractivity contribution in [3.8, 4) is 0 Å². The molecule has 16 heavy (non-hydrogen) atoms. The molecule has 6 heteroatoms. The van der Waals surface area contributed by atoms with E-state index in [2.05, 4.69) is 0 Å². The summed E-state index contributed by atoms with van der Waals surface area (Å²) in [5.41, 5.74) is 4.92. The molecular formula is C10H10F2N2O2. The van der Waals surface area contributed by atoms with Gasteiger partial charge in [-0.3, -0.25) is 0 Å². The molecular weight excluding hydrogens is 218 g/mol. The summed E-state index contributed by atoms with van der Waals surface area (Å²) in [5.74, 6) is -3.94. The lowest BCUT2D eigenvalue weighted by Crippen LogP contribution is -2.56. The summed E-state index contributed by atoms with van der Waals surface area (Å²) in [6.45, 7) is 0.894. The van der Waals surface area contributed by atoms with Crippen LogP contribution in [0.25, 0.3) is 0 Å². The van der Waals surface area contributed by atoms with E-state index in [4.69, 9.17) is 10.8 Å². The molecule has 0 aromatic heterocycles. The molecule has 0 atom stereocenters. The van der Waals surface area contributed by atoms with E-state index < -0.39 is 23.2 Å². The predicted molar refractivity (Wildman–Crippen MR) is 53.5 cm³/mol. The van der Waals surface area contributed by atoms with Crippen molar-refractivity contribution in [1.82, 2.24) is 0 Å². The second-order valence-corrected chi connectivity index (χ2v) is 3.73. The van der Waals surface area contributed by atoms with Crippen LogP contribution in [0.5, 0.6) is 0 Å². The molecule has 1 aliphatic heterocycles. The Kier molecular flexibility index (Phi) is 2.51. The lowest BCUT2D eigenvalue weighted by atomic mass is 10.1. The monoisotopic (exact) mass is 228 g/mol. The van der Waals surface area contributed by atoms with Crippen molar-refractivity contribution in [2.24, 2.45) is 5.73 Å². The molecule has 86 valence electrons. The number of hydrogen-bond acceptors (Lipinski definition) is 3. The fraction of sp³-hybridized carbons (Fsp3) is 0.300. The topological polar surface area (TPSA) is 66.6 Å². The molecule has 0 saturated carbocycles. The third-order valence-electron chi connectivity index (χ3n) is 2.54. The first-order valence-electron chi connectivity index (χ1n) is 4.72. The summed E-state index contributed by atoms with van der Waals surface area (Å²) in [7, 11) is 0. The van der Waals surface area contributed by atoms with Crippen molar-refractivity contribution >= 4 is 11.7 Å². The molecule has 0 aliphatic carbocycles. The minimum Gasteiger partial charge on any atom is -0.478 e. The third-order valence-corrected chi connectivity index (χ3v) is 2.54. The number of nitrogens with zero attached hydrogens (tertiary/aromatic N) is 1. The van der Waals surface area contributed by atoms with E-state index in [1.807, 2.05) is 0 Å². The van der Waals surface area contributed by atoms with Gasteiger partial charge in [-0.15, -0.1) is 0 Å². The summed E-state index contributed by atoms with van der Waals surface area (Å²) in [5, 5.41) is 8.59. The fourth-order valence-corrected chi connectivity index (χ4v) is 1.66. The van der Waals surface area contributed by atoms with Gasteiger partial charge < -0.3 is 15.7 Å². The van der Waals surface area contributed by atoms with Gasteiger partial charge in [0.2, 0.25) is 0 Å². The van der Waals surface area contributed by atoms with Gasteiger partial charge in [-0.25, -0.2) is 13.6 Å². The molecule has 1 aromatic rings. The number of carboxylic acids is 1. The zero-order valence-electron chi connectivity index (χ0n) is 8.28. The molecule has 0 spiro atoms. The molecule has 1 fully saturated rings. The highest BCUT2D eigenvalue weighted by molar-refractivity contribution is 5.88. The number of rotatable bonds is 2. The molecule has 0 unspecified atom stereocenters. The molecule has 1 aliphatic rings. The summed E-state index contributed by atoms with van der Waals surface area (Å²) < 4.78 is 26.8. The second kappa shape index (κ2) is 3.71. The SMILES string of the molecule is NC1CN(c2ccc(C(=O)O)c(F)c2F)C1. The first-order chi connectivity index (χ1) is 7.50. The maximum absolute atomic E-state index is 13.5. The number of nitrogens with two attached hydrogens (primary N) is 1. The number of carboxylic acid groups (broad SMARTS) is 1. The van der Waals surface area contributed by atoms with Gasteiger partial charge in [0, 0.05) is 19.1 Å². The highest BCUT2D eigenvalue weighted by atomic mass is 19.2. The largest absolute Gasteiger partial charge is 0.478 e. The van der Waals surface area contributed by atoms with Crippen LogP contribution in [0.3, 0.4) is 0 Å². The summed E-state index contributed by atoms with van der Waals surface area (Å²) in [6, 6.07) is 2.27. The van der Waals surface area contributed by atoms with Gasteiger partial charge in [0.05, 0.1) is 11.3 Å². The van der Waals surface area contributed by atoms with Crippen LogP contribution < -0.4 is 10.6 Å². The summed E-state index contributed by atoms with van der Waals surface area (Å²) in [4.78, 5) is 12.1. The van der Waals surface area contributed by atoms with Gasteiger partial charge in [-0.1, -0.05) is 0 Å². The molecule has 2 rings (SSSR count). The average molecular weight is 228 g/mol. The molecule has 1 saturated heterocycles. The minimum absolute atomic E-state index is 0.0402. The minimum atomic E-state index is -1.48. The molecule has 3 N–H and O–H groups in total. The molecule has 0 radical (unpaired) electrons. The van der Waals surface area contributed by atoms with E-state index in [0.717, 1.165) is 6.07 Å². The molecule has 1 heterocycles. The number of anilines is 1. The first-order valence-corrected chi connectivity index (χ1v) is 4.72. The van der Waals surface area contributed by atoms with Gasteiger partial charge in [0.1, 0.15) is 0 Å². The van der Waals surface area contributed by atoms with E-state index in [1.165, 1.54) is 6.07 Å². The smallest absolute Gasteiger partial charge is 0.338 e. The summed E-state index contributed by atoms with van der Waals surface area (Å²) in [6.07, 6.45) is 0. The predicted octanol–water partition coefficient (Wildman–Crippen LogP) is 0.810. The second-order valence-electron chi connectivity index (χ2n) is 3.73. The van der Waals surface area contributed by atoms with Crippen molar-refractivity contribution in [3.05, 3.63) is 29.3 Å². The normalized spacial score (nSPS) is 16.1. The van der Waals surface area contributed by atoms with Crippen molar-refractivity contribution < 1.29 is 18.7 Å². The van der Waals surface area contributed by atoms with E-state index in [1.54, 1.807) is 4.90 Å². The Morgan fingerprint density at radius 1 is 1.38 bits per heavy atom. The van der Waals surface area contributed by atoms with Crippen LogP contribution in [0.1, 0.15) is 10.4 Å². The van der Waals surface area contributed by atoms with E-state index in [-0.39, 0.29) is 11.7 Å². The van der Waals surface area contributed by atoms with Crippen molar-refractivity contribution in [3.63, 3.8) is 0 Å². The zero-order chi connectivity index (χ0) is 11.9. The lowest BCUT2D eigenvalue weighted by molar-refractivity contribution is 0.0690. The maximum Gasteiger partial charge on any atom is 0.338 e. The fourth-order valence-electron chi connectivity index (χ4n) is 1.66. The average Bonchev–Trinajstić information content (AvgIpc) is 2.17. The van der Waals surface area contributed by atoms with Crippen LogP contribution >= 0.6 is 0 Å². The Labute approximate surface area is 90.3 Å². The quantitative estimate of drug-likeness (QED) is 0.786. The number of halogens is 2. The lowest BCUT2D eigenvalue weighted by Gasteiger charge is -2.38. The van der Waals surface area contributed by atoms with Crippen LogP contribution in [0, 0.1) is 11.6 Å². The molecule has 1 aromatic carbocycles. The van der Waals surface area contributed by atoms with Crippen LogP contribution in [0.2, 0.25) is 0 Å². The zero-order valence-corrected chi connectivity index (χ0v) is 8.28. The Morgan fingerprint density at radius 2 is 2.00 bits per heavy atom. The first kappa shape index (κ1) is 10.8. The summed E-state index contributed by atoms with van der Waals surface area (Å²) >= 11 is 0. The van der Waals surface area contributed by atoms with Crippen LogP contribution in [0.15, 0.2) is 12.1 Å². The van der Waals surface area contributed by atoms with Crippen molar-refractivity contribution in [1.29, 1.82) is 0 Å². The van der Waals surface area contributed by atoms with Crippen molar-refractivity contribution in [2.45, 2.75) is 6.04 Å². The Hall–Kier alpha value is -1.69. The Bertz CT molecular complexity index is 445. The van der Waals surface area contributed by atoms with Crippen LogP contribution in [0.4, 0.5) is 14.5 Å². The number of aromatic carboxylic acids is 1. The number of benzene rings is 1. The highest BCUT2D eigenvalue weighted by Crippen LogP contribution is 2.27. The van der Waals surface area contributed by atoms with Gasteiger partial charge in [0.25, 0.3) is 0 Å². The highest BCUT2D eigenvalue weighted by Gasteiger charge is 2.28. The van der Waals surface area contributed by atoms with Crippen molar-refractivity contribution in [2.75, 3.05) is 18.0 Å². The van der Waals surface area contributed by atoms with Gasteiger partial charge in [-0.2, -0.15) is 0 Å². The maximum atomic E-state index is 13.5. The molecule has 0 amide bonds. The van der Waals surface area contributed by atoms with E-state index in [9.17, 15) is 13.6 Å². The Balaban J connectivity index is 2.35. The van der Waals surface area contributed by atoms with Gasteiger partial charge >= 0.3 is 5.97 Å². The Morgan fingerprint density at radius 3 is 2.50 bits per heavy atom. The van der Waals surface area contributed by atoms with E-state index >= 15 is 0 Å². The van der Waals surface area contributed by atoms with E-state index in [0.29, 0.717) is 13.1 Å². The molecule has 4 nitrogen and oxygen atoms in total. The van der Waals surface area contributed by atoms with Gasteiger partial charge in [-0.05, 0) is 12.1 Å². The third kappa shape index (κ3) is 1.61. The van der Waals surface area contributed by atoms with Gasteiger partial charge in [0.15, 0.2) is 11.6 Å².